The molecule has 0 bridgehead atoms. The Morgan fingerprint density at radius 2 is 1.80 bits per heavy atom. The second-order valence-electron chi connectivity index (χ2n) is 9.17. The van der Waals surface area contributed by atoms with Crippen molar-refractivity contribution in [3.63, 3.8) is 0 Å². The van der Waals surface area contributed by atoms with Gasteiger partial charge in [0.1, 0.15) is 11.3 Å². The van der Waals surface area contributed by atoms with Crippen LogP contribution in [-0.2, 0) is 10.0 Å². The fourth-order valence-electron chi connectivity index (χ4n) is 4.12. The highest BCUT2D eigenvalue weighted by Crippen LogP contribution is 2.33. The molecule has 0 spiro atoms. The number of H-pyrrole nitrogens is 1. The maximum atomic E-state index is 14.7. The van der Waals surface area contributed by atoms with Gasteiger partial charge in [0.25, 0.3) is 21.5 Å². The first-order chi connectivity index (χ1) is 19.0. The minimum Gasteiger partial charge on any atom is -0.491 e. The number of hydrogen-bond donors (Lipinski definition) is 2. The van der Waals surface area contributed by atoms with E-state index < -0.39 is 32.2 Å². The molecular formula is C29H32FN3O6S. The predicted octanol–water partition coefficient (Wildman–Crippen LogP) is 5.69. The van der Waals surface area contributed by atoms with Crippen molar-refractivity contribution < 1.29 is 29.9 Å². The molecule has 0 aliphatic heterocycles. The van der Waals surface area contributed by atoms with E-state index in [9.17, 15) is 22.4 Å². The number of carbonyl (C=O) groups is 1. The quantitative estimate of drug-likeness (QED) is 0.265. The van der Waals surface area contributed by atoms with E-state index in [2.05, 4.69) is 9.97 Å². The van der Waals surface area contributed by atoms with Crippen molar-refractivity contribution in [1.29, 1.82) is 0 Å². The molecule has 2 aromatic carbocycles. The number of nitrogens with zero attached hydrogens (tertiary/aromatic N) is 1. The molecule has 11 heteroatoms. The van der Waals surface area contributed by atoms with Crippen LogP contribution in [0.1, 0.15) is 43.2 Å². The van der Waals surface area contributed by atoms with Crippen LogP contribution in [0.15, 0.2) is 70.5 Å². The zero-order valence-corrected chi connectivity index (χ0v) is 23.2. The van der Waals surface area contributed by atoms with Gasteiger partial charge in [0.2, 0.25) is 5.88 Å². The lowest BCUT2D eigenvalue weighted by molar-refractivity contribution is 0.0978. The Kier molecular flexibility index (Phi) is 8.34. The van der Waals surface area contributed by atoms with E-state index in [1.54, 1.807) is 6.07 Å². The van der Waals surface area contributed by atoms with Crippen LogP contribution in [0.25, 0.3) is 11.3 Å². The number of amides is 1. The maximum absolute atomic E-state index is 14.7. The summed E-state index contributed by atoms with van der Waals surface area (Å²) in [5, 5.41) is 0. The molecule has 2 heterocycles. The average Bonchev–Trinajstić information content (AvgIpc) is 2.89. The third-order valence-electron chi connectivity index (χ3n) is 5.90. The molecule has 9 nitrogen and oxygen atoms in total. The molecule has 4 aromatic rings. The highest BCUT2D eigenvalue weighted by molar-refractivity contribution is 7.90. The van der Waals surface area contributed by atoms with Crippen LogP contribution in [0.2, 0.25) is 0 Å². The number of ether oxygens (including phenoxy) is 2. The number of rotatable bonds is 9. The molecule has 0 saturated carbocycles. The van der Waals surface area contributed by atoms with E-state index in [-0.39, 0.29) is 25.7 Å². The van der Waals surface area contributed by atoms with E-state index in [0.29, 0.717) is 17.9 Å². The molecule has 2 N–H and O–H groups in total. The van der Waals surface area contributed by atoms with Crippen molar-refractivity contribution in [2.45, 2.75) is 39.0 Å². The van der Waals surface area contributed by atoms with Gasteiger partial charge < -0.3 is 14.5 Å². The minimum atomic E-state index is -4.52. The number of carbonyl (C=O) groups excluding carboxylic acids is 1. The zero-order chi connectivity index (χ0) is 29.0. The summed E-state index contributed by atoms with van der Waals surface area (Å²) in [4.78, 5) is 31.4. The van der Waals surface area contributed by atoms with Crippen LogP contribution in [0.3, 0.4) is 0 Å². The van der Waals surface area contributed by atoms with Gasteiger partial charge in [-0.1, -0.05) is 24.6 Å². The van der Waals surface area contributed by atoms with Crippen molar-refractivity contribution in [1.82, 2.24) is 14.7 Å². The normalized spacial score (nSPS) is 11.2. The summed E-state index contributed by atoms with van der Waals surface area (Å²) in [5.41, 5.74) is 2.11. The third kappa shape index (κ3) is 6.20. The molecule has 212 valence electrons. The number of aromatic nitrogens is 2. The SMILES string of the molecule is CCCOc1ccc(-c2ccc(C(=O)NS(=O)(=O)c3ccc[nH]c3=O)c(Oc3c(C)cc(C)cc3C)n2)cc1F.[HH].[HH]. The molecular weight excluding hydrogens is 537 g/mol. The van der Waals surface area contributed by atoms with Gasteiger partial charge in [-0.2, -0.15) is 0 Å². The summed E-state index contributed by atoms with van der Waals surface area (Å²) in [6.07, 6.45) is 1.99. The summed E-state index contributed by atoms with van der Waals surface area (Å²) < 4.78 is 53.7. The number of nitrogens with one attached hydrogen (secondary N) is 2. The number of hydrogen-bond acceptors (Lipinski definition) is 7. The molecule has 0 saturated heterocycles. The molecule has 40 heavy (non-hydrogen) atoms. The van der Waals surface area contributed by atoms with Crippen LogP contribution >= 0.6 is 0 Å². The number of aryl methyl sites for hydroxylation is 3. The Bertz CT molecular complexity index is 1740. The van der Waals surface area contributed by atoms with Gasteiger partial charge in [-0.3, -0.25) is 9.59 Å². The first kappa shape index (κ1) is 28.5. The van der Waals surface area contributed by atoms with Gasteiger partial charge >= 0.3 is 0 Å². The lowest BCUT2D eigenvalue weighted by Crippen LogP contribution is -2.34. The van der Waals surface area contributed by atoms with Crippen molar-refractivity contribution in [3.8, 4) is 28.6 Å². The van der Waals surface area contributed by atoms with E-state index in [4.69, 9.17) is 9.47 Å². The first-order valence-corrected chi connectivity index (χ1v) is 13.9. The molecule has 1 amide bonds. The fourth-order valence-corrected chi connectivity index (χ4v) is 5.14. The second kappa shape index (κ2) is 11.7. The molecule has 0 aliphatic carbocycles. The Hall–Kier alpha value is -4.51. The molecule has 2 aromatic heterocycles. The summed E-state index contributed by atoms with van der Waals surface area (Å²) in [6, 6.07) is 13.3. The van der Waals surface area contributed by atoms with Gasteiger partial charge in [0.05, 0.1) is 12.3 Å². The number of aromatic amines is 1. The van der Waals surface area contributed by atoms with Crippen molar-refractivity contribution in [2.75, 3.05) is 6.61 Å². The van der Waals surface area contributed by atoms with Crippen LogP contribution < -0.4 is 19.8 Å². The van der Waals surface area contributed by atoms with Crippen LogP contribution in [0.5, 0.6) is 17.4 Å². The van der Waals surface area contributed by atoms with Gasteiger partial charge in [-0.15, -0.1) is 0 Å². The number of benzene rings is 2. The monoisotopic (exact) mass is 569 g/mol. The summed E-state index contributed by atoms with van der Waals surface area (Å²) in [7, 11) is -4.52. The standard InChI is InChI=1S/C29H28FN3O6S.2H2/c1-5-13-38-24-11-8-20(16-22(24)30)23-10-9-21(27(34)33-40(36,37)25-7-6-12-31-28(25)35)29(32-23)39-26-18(3)14-17(2)15-19(26)4;;/h6-12,14-16H,5,13H2,1-4H3,(H,31,35)(H,33,34);2*1H. The van der Waals surface area contributed by atoms with Crippen molar-refractivity contribution in [2.24, 2.45) is 0 Å². The second-order valence-corrected chi connectivity index (χ2v) is 10.8. The number of pyridine rings is 2. The topological polar surface area (TPSA) is 127 Å². The molecule has 0 aliphatic rings. The third-order valence-corrected chi connectivity index (χ3v) is 7.25. The van der Waals surface area contributed by atoms with Crippen LogP contribution in [-0.4, -0.2) is 30.9 Å². The average molecular weight is 570 g/mol. The Labute approximate surface area is 234 Å². The molecule has 0 atom stereocenters. The Balaban J connectivity index is 0.00000308. The summed E-state index contributed by atoms with van der Waals surface area (Å²) in [5.74, 6) is -1.31. The zero-order valence-electron chi connectivity index (χ0n) is 22.4. The lowest BCUT2D eigenvalue weighted by Gasteiger charge is -2.16. The van der Waals surface area contributed by atoms with Gasteiger partial charge in [0.15, 0.2) is 16.5 Å². The largest absolute Gasteiger partial charge is 0.491 e. The van der Waals surface area contributed by atoms with Crippen LogP contribution in [0, 0.1) is 26.6 Å². The maximum Gasteiger partial charge on any atom is 0.270 e. The smallest absolute Gasteiger partial charge is 0.270 e. The van der Waals surface area contributed by atoms with Gasteiger partial charge in [-0.25, -0.2) is 22.5 Å². The highest BCUT2D eigenvalue weighted by Gasteiger charge is 2.25. The van der Waals surface area contributed by atoms with Gasteiger partial charge in [0, 0.05) is 14.6 Å². The highest BCUT2D eigenvalue weighted by atomic mass is 32.2. The van der Waals surface area contributed by atoms with E-state index in [1.165, 1.54) is 36.5 Å². The first-order valence-electron chi connectivity index (χ1n) is 12.4. The van der Waals surface area contributed by atoms with Crippen LogP contribution in [0.4, 0.5) is 4.39 Å². The van der Waals surface area contributed by atoms with E-state index in [1.807, 2.05) is 44.5 Å². The molecule has 4 rings (SSSR count). The van der Waals surface area contributed by atoms with Gasteiger partial charge in [-0.05, 0) is 80.8 Å². The molecule has 0 fully saturated rings. The van der Waals surface area contributed by atoms with E-state index >= 15 is 0 Å². The summed E-state index contributed by atoms with van der Waals surface area (Å²) in [6.45, 7) is 7.87. The molecule has 0 radical (unpaired) electrons. The number of halogens is 1. The fraction of sp³-hybridized carbons (Fsp3) is 0.207. The minimum absolute atomic E-state index is 0. The van der Waals surface area contributed by atoms with E-state index in [0.717, 1.165) is 29.2 Å². The summed E-state index contributed by atoms with van der Waals surface area (Å²) >= 11 is 0. The van der Waals surface area contributed by atoms with Crippen molar-refractivity contribution in [3.05, 3.63) is 99.2 Å². The van der Waals surface area contributed by atoms with Crippen molar-refractivity contribution >= 4 is 15.9 Å². The number of sulfonamides is 1. The predicted molar refractivity (Wildman–Crippen MR) is 152 cm³/mol. The molecule has 0 unspecified atom stereocenters. The Morgan fingerprint density at radius 1 is 1.07 bits per heavy atom. The Morgan fingerprint density at radius 3 is 2.45 bits per heavy atom. The lowest BCUT2D eigenvalue weighted by atomic mass is 10.1.